The van der Waals surface area contributed by atoms with Crippen LogP contribution >= 0.6 is 0 Å². The van der Waals surface area contributed by atoms with Crippen LogP contribution in [0.4, 0.5) is 5.69 Å². The maximum absolute atomic E-state index is 11.7. The largest absolute Gasteiger partial charge is 0.422 e. The Kier molecular flexibility index (Phi) is 2.79. The average molecular weight is 283 g/mol. The molecule has 0 aliphatic heterocycles. The highest BCUT2D eigenvalue weighted by molar-refractivity contribution is 6.11. The van der Waals surface area contributed by atoms with Crippen LogP contribution < -0.4 is 5.63 Å². The minimum absolute atomic E-state index is 0.0680. The molecule has 3 aromatic rings. The molecule has 0 spiro atoms. The van der Waals surface area contributed by atoms with Crippen LogP contribution in [-0.2, 0) is 0 Å². The van der Waals surface area contributed by atoms with Gasteiger partial charge in [-0.1, -0.05) is 18.2 Å². The number of rotatable bonds is 2. The molecule has 0 aliphatic carbocycles. The average Bonchev–Trinajstić information content (AvgIpc) is 2.45. The highest BCUT2D eigenvalue weighted by Crippen LogP contribution is 2.32. The van der Waals surface area contributed by atoms with Gasteiger partial charge < -0.3 is 4.42 Å². The first-order chi connectivity index (χ1) is 9.99. The van der Waals surface area contributed by atoms with E-state index < -0.39 is 16.3 Å². The van der Waals surface area contributed by atoms with Crippen LogP contribution in [0.3, 0.4) is 0 Å². The quantitative estimate of drug-likeness (QED) is 0.237. The van der Waals surface area contributed by atoms with Gasteiger partial charge in [0.25, 0.3) is 5.69 Å². The Hall–Kier alpha value is -3.02. The van der Waals surface area contributed by atoms with Crippen LogP contribution in [0, 0.1) is 10.1 Å². The van der Waals surface area contributed by atoms with Crippen LogP contribution in [0.1, 0.15) is 17.3 Å². The molecule has 0 radical (unpaired) electrons. The summed E-state index contributed by atoms with van der Waals surface area (Å²) in [5.74, 6) is -0.409. The van der Waals surface area contributed by atoms with E-state index in [0.717, 1.165) is 0 Å². The number of nitrogens with zero attached hydrogens (tertiary/aromatic N) is 1. The molecule has 0 unspecified atom stereocenters. The van der Waals surface area contributed by atoms with E-state index in [4.69, 9.17) is 4.42 Å². The summed E-state index contributed by atoms with van der Waals surface area (Å²) in [6.45, 7) is 1.27. The van der Waals surface area contributed by atoms with Crippen molar-refractivity contribution < 1.29 is 14.1 Å². The number of carbonyl (C=O) groups excluding carboxylic acids is 1. The number of carbonyl (C=O) groups is 1. The minimum atomic E-state index is -0.792. The predicted octanol–water partition coefficient (Wildman–Crippen LogP) is 3.06. The lowest BCUT2D eigenvalue weighted by Gasteiger charge is -2.05. The van der Waals surface area contributed by atoms with E-state index in [1.807, 2.05) is 0 Å². The van der Waals surface area contributed by atoms with Crippen molar-refractivity contribution in [3.63, 3.8) is 0 Å². The van der Waals surface area contributed by atoms with Gasteiger partial charge in [0.05, 0.1) is 16.4 Å². The monoisotopic (exact) mass is 283 g/mol. The smallest absolute Gasteiger partial charge is 0.347 e. The number of benzene rings is 2. The number of hydrogen-bond acceptors (Lipinski definition) is 5. The van der Waals surface area contributed by atoms with Crippen molar-refractivity contribution in [1.29, 1.82) is 0 Å². The van der Waals surface area contributed by atoms with Gasteiger partial charge in [0.2, 0.25) is 0 Å². The van der Waals surface area contributed by atoms with E-state index in [9.17, 15) is 19.7 Å². The maximum atomic E-state index is 11.7. The zero-order valence-electron chi connectivity index (χ0n) is 11.0. The highest BCUT2D eigenvalue weighted by Gasteiger charge is 2.18. The van der Waals surface area contributed by atoms with Gasteiger partial charge in [-0.25, -0.2) is 4.79 Å². The van der Waals surface area contributed by atoms with Crippen molar-refractivity contribution in [3.8, 4) is 0 Å². The van der Waals surface area contributed by atoms with Crippen LogP contribution in [0.2, 0.25) is 0 Å². The molecule has 0 N–H and O–H groups in total. The molecule has 0 amide bonds. The van der Waals surface area contributed by atoms with E-state index in [1.165, 1.54) is 19.1 Å². The lowest BCUT2D eigenvalue weighted by Crippen LogP contribution is -2.11. The molecule has 0 saturated carbocycles. The van der Waals surface area contributed by atoms with Gasteiger partial charge in [-0.2, -0.15) is 0 Å². The molecule has 21 heavy (non-hydrogen) atoms. The van der Waals surface area contributed by atoms with Crippen LogP contribution in [0.5, 0.6) is 0 Å². The standard InChI is InChI=1S/C15H9NO5/c1-8(17)11-6-12-9-4-2-3-5-10(9)13(16(19)20)7-14(12)21-15(11)18/h2-7H,1H3. The third-order valence-corrected chi connectivity index (χ3v) is 3.31. The number of Topliss-reactive ketones (excluding diaryl/α,β-unsaturated/α-hetero) is 1. The van der Waals surface area contributed by atoms with Gasteiger partial charge in [-0.15, -0.1) is 0 Å². The van der Waals surface area contributed by atoms with Crippen LogP contribution in [0.15, 0.2) is 45.6 Å². The number of nitro benzene ring substituents is 1. The fourth-order valence-corrected chi connectivity index (χ4v) is 2.34. The third kappa shape index (κ3) is 1.97. The molecule has 3 rings (SSSR count). The zero-order valence-corrected chi connectivity index (χ0v) is 11.0. The molecule has 1 heterocycles. The van der Waals surface area contributed by atoms with E-state index >= 15 is 0 Å². The molecule has 2 aromatic carbocycles. The van der Waals surface area contributed by atoms with Crippen molar-refractivity contribution in [2.24, 2.45) is 0 Å². The second kappa shape index (κ2) is 4.52. The first-order valence-corrected chi connectivity index (χ1v) is 6.14. The van der Waals surface area contributed by atoms with Gasteiger partial charge in [-0.3, -0.25) is 14.9 Å². The third-order valence-electron chi connectivity index (χ3n) is 3.31. The van der Waals surface area contributed by atoms with Gasteiger partial charge in [-0.05, 0) is 24.4 Å². The number of ketones is 1. The van der Waals surface area contributed by atoms with Crippen molar-refractivity contribution in [3.05, 3.63) is 62.5 Å². The second-order valence-electron chi connectivity index (χ2n) is 4.61. The predicted molar refractivity (Wildman–Crippen MR) is 76.6 cm³/mol. The molecule has 0 atom stereocenters. The Morgan fingerprint density at radius 3 is 2.43 bits per heavy atom. The van der Waals surface area contributed by atoms with Crippen molar-refractivity contribution in [2.75, 3.05) is 0 Å². The lowest BCUT2D eigenvalue weighted by molar-refractivity contribution is -0.383. The molecule has 0 bridgehead atoms. The minimum Gasteiger partial charge on any atom is -0.422 e. The van der Waals surface area contributed by atoms with Gasteiger partial charge in [0.15, 0.2) is 5.78 Å². The fourth-order valence-electron chi connectivity index (χ4n) is 2.34. The molecular formula is C15H9NO5. The summed E-state index contributed by atoms with van der Waals surface area (Å²) in [6, 6.07) is 9.36. The first kappa shape index (κ1) is 13.0. The van der Waals surface area contributed by atoms with E-state index in [0.29, 0.717) is 16.2 Å². The Balaban J connectivity index is 2.56. The molecule has 1 aromatic heterocycles. The van der Waals surface area contributed by atoms with Crippen LogP contribution in [0.25, 0.3) is 21.7 Å². The summed E-state index contributed by atoms with van der Waals surface area (Å²) in [5, 5.41) is 12.6. The summed E-state index contributed by atoms with van der Waals surface area (Å²) in [5.41, 5.74) is -0.909. The topological polar surface area (TPSA) is 90.4 Å². The molecule has 0 fully saturated rings. The summed E-state index contributed by atoms with van der Waals surface area (Å²) in [7, 11) is 0. The van der Waals surface area contributed by atoms with Gasteiger partial charge in [0, 0.05) is 5.39 Å². The van der Waals surface area contributed by atoms with Gasteiger partial charge in [0.1, 0.15) is 11.1 Å². The number of nitro groups is 1. The molecular weight excluding hydrogens is 274 g/mol. The van der Waals surface area contributed by atoms with Crippen molar-refractivity contribution >= 4 is 33.2 Å². The molecule has 0 saturated heterocycles. The number of fused-ring (bicyclic) bond motifs is 3. The molecule has 6 nitrogen and oxygen atoms in total. The summed E-state index contributed by atoms with van der Waals surface area (Å²) in [4.78, 5) is 33.8. The Morgan fingerprint density at radius 1 is 1.14 bits per heavy atom. The maximum Gasteiger partial charge on any atom is 0.347 e. The van der Waals surface area contributed by atoms with E-state index in [1.54, 1.807) is 24.3 Å². The van der Waals surface area contributed by atoms with Gasteiger partial charge >= 0.3 is 5.63 Å². The SMILES string of the molecule is CC(=O)c1cc2c(cc([N+](=O)[O-])c3ccccc32)oc1=O. The summed E-state index contributed by atoms with van der Waals surface area (Å²) < 4.78 is 5.07. The zero-order chi connectivity index (χ0) is 15.1. The Morgan fingerprint density at radius 2 is 1.81 bits per heavy atom. The molecule has 104 valence electrons. The van der Waals surface area contributed by atoms with Crippen molar-refractivity contribution in [1.82, 2.24) is 0 Å². The highest BCUT2D eigenvalue weighted by atomic mass is 16.6. The molecule has 6 heteroatoms. The normalized spacial score (nSPS) is 10.9. The van der Waals surface area contributed by atoms with Crippen molar-refractivity contribution in [2.45, 2.75) is 6.92 Å². The van der Waals surface area contributed by atoms with Crippen LogP contribution in [-0.4, -0.2) is 10.7 Å². The summed E-state index contributed by atoms with van der Waals surface area (Å²) >= 11 is 0. The Bertz CT molecular complexity index is 971. The first-order valence-electron chi connectivity index (χ1n) is 6.14. The molecule has 0 aliphatic rings. The second-order valence-corrected chi connectivity index (χ2v) is 4.61. The summed E-state index contributed by atoms with van der Waals surface area (Å²) in [6.07, 6.45) is 0. The Labute approximate surface area is 117 Å². The fraction of sp³-hybridized carbons (Fsp3) is 0.0667. The van der Waals surface area contributed by atoms with E-state index in [2.05, 4.69) is 0 Å². The number of hydrogen-bond donors (Lipinski definition) is 0. The number of non-ortho nitro benzene ring substituents is 1. The van der Waals surface area contributed by atoms with E-state index in [-0.39, 0.29) is 16.8 Å². The lowest BCUT2D eigenvalue weighted by atomic mass is 10.0.